The Kier molecular flexibility index (Phi) is 5.85. The number of hydrogen-bond acceptors (Lipinski definition) is 3. The molecule has 1 heterocycles. The van der Waals surface area contributed by atoms with E-state index in [0.717, 1.165) is 57.4 Å². The lowest BCUT2D eigenvalue weighted by molar-refractivity contribution is 0.571. The first-order valence-electron chi connectivity index (χ1n) is 6.13. The highest BCUT2D eigenvalue weighted by Gasteiger charge is 2.06. The van der Waals surface area contributed by atoms with Gasteiger partial charge in [-0.1, -0.05) is 19.8 Å². The first kappa shape index (κ1) is 13.0. The molecule has 0 atom stereocenters. The Balaban J connectivity index is 2.48. The fourth-order valence-electron chi connectivity index (χ4n) is 1.69. The zero-order valence-corrected chi connectivity index (χ0v) is 10.0. The van der Waals surface area contributed by atoms with Gasteiger partial charge in [-0.2, -0.15) is 5.10 Å². The van der Waals surface area contributed by atoms with Crippen LogP contribution in [0.25, 0.3) is 0 Å². The molecule has 5 nitrogen and oxygen atoms in total. The van der Waals surface area contributed by atoms with Gasteiger partial charge >= 0.3 is 5.69 Å². The van der Waals surface area contributed by atoms with E-state index in [1.807, 2.05) is 0 Å². The number of unbranched alkanes of at least 4 members (excludes halogenated alkanes) is 3. The standard InChI is InChI=1S/C11H22N4O/c1-2-3-9-15-10(13-14-11(15)16)7-5-4-6-8-12/h2-9,12H2,1H3,(H,14,16). The Bertz CT molecular complexity index is 342. The van der Waals surface area contributed by atoms with Crippen LogP contribution in [-0.4, -0.2) is 21.3 Å². The summed E-state index contributed by atoms with van der Waals surface area (Å²) in [6.45, 7) is 3.63. The van der Waals surface area contributed by atoms with Crippen LogP contribution < -0.4 is 11.4 Å². The van der Waals surface area contributed by atoms with Crippen LogP contribution in [0.4, 0.5) is 0 Å². The predicted octanol–water partition coefficient (Wildman–Crippen LogP) is 1.04. The fourth-order valence-corrected chi connectivity index (χ4v) is 1.69. The second kappa shape index (κ2) is 7.22. The number of aryl methyl sites for hydroxylation is 1. The summed E-state index contributed by atoms with van der Waals surface area (Å²) >= 11 is 0. The molecule has 0 saturated carbocycles. The predicted molar refractivity (Wildman–Crippen MR) is 64.4 cm³/mol. The van der Waals surface area contributed by atoms with Gasteiger partial charge in [0, 0.05) is 13.0 Å². The van der Waals surface area contributed by atoms with Gasteiger partial charge in [0.2, 0.25) is 0 Å². The van der Waals surface area contributed by atoms with E-state index in [-0.39, 0.29) is 5.69 Å². The van der Waals surface area contributed by atoms with Gasteiger partial charge < -0.3 is 5.73 Å². The minimum atomic E-state index is -0.0812. The number of aromatic amines is 1. The highest BCUT2D eigenvalue weighted by atomic mass is 16.1. The topological polar surface area (TPSA) is 76.7 Å². The molecular formula is C11H22N4O. The second-order valence-corrected chi connectivity index (χ2v) is 4.05. The Morgan fingerprint density at radius 2 is 2.12 bits per heavy atom. The number of rotatable bonds is 8. The van der Waals surface area contributed by atoms with Gasteiger partial charge in [0.1, 0.15) is 5.82 Å². The molecule has 92 valence electrons. The zero-order chi connectivity index (χ0) is 11.8. The highest BCUT2D eigenvalue weighted by molar-refractivity contribution is 4.86. The number of H-pyrrole nitrogens is 1. The maximum Gasteiger partial charge on any atom is 0.343 e. The molecule has 1 aromatic rings. The summed E-state index contributed by atoms with van der Waals surface area (Å²) in [5.41, 5.74) is 5.35. The number of nitrogens with one attached hydrogen (secondary N) is 1. The van der Waals surface area contributed by atoms with Crippen molar-refractivity contribution in [2.45, 2.75) is 52.0 Å². The fraction of sp³-hybridized carbons (Fsp3) is 0.818. The van der Waals surface area contributed by atoms with Crippen LogP contribution in [0.15, 0.2) is 4.79 Å². The Morgan fingerprint density at radius 1 is 1.31 bits per heavy atom. The molecule has 3 N–H and O–H groups in total. The smallest absolute Gasteiger partial charge is 0.330 e. The van der Waals surface area contributed by atoms with Crippen LogP contribution in [0.1, 0.15) is 44.9 Å². The van der Waals surface area contributed by atoms with Crippen molar-refractivity contribution in [2.75, 3.05) is 6.54 Å². The minimum Gasteiger partial charge on any atom is -0.330 e. The van der Waals surface area contributed by atoms with Crippen LogP contribution in [0.3, 0.4) is 0 Å². The minimum absolute atomic E-state index is 0.0812. The van der Waals surface area contributed by atoms with E-state index in [9.17, 15) is 4.79 Å². The third kappa shape index (κ3) is 3.81. The Labute approximate surface area is 96.0 Å². The molecule has 0 fully saturated rings. The van der Waals surface area contributed by atoms with E-state index in [4.69, 9.17) is 5.73 Å². The van der Waals surface area contributed by atoms with Crippen molar-refractivity contribution in [1.29, 1.82) is 0 Å². The van der Waals surface area contributed by atoms with Gasteiger partial charge in [-0.15, -0.1) is 0 Å². The lowest BCUT2D eigenvalue weighted by Crippen LogP contribution is -2.19. The van der Waals surface area contributed by atoms with Gasteiger partial charge in [0.05, 0.1) is 0 Å². The van der Waals surface area contributed by atoms with Gasteiger partial charge in [-0.05, 0) is 25.8 Å². The van der Waals surface area contributed by atoms with Crippen molar-refractivity contribution < 1.29 is 0 Å². The van der Waals surface area contributed by atoms with Crippen molar-refractivity contribution in [3.05, 3.63) is 16.3 Å². The third-order valence-electron chi connectivity index (χ3n) is 2.68. The lowest BCUT2D eigenvalue weighted by Gasteiger charge is -2.04. The van der Waals surface area contributed by atoms with Gasteiger partial charge in [-0.3, -0.25) is 4.57 Å². The number of nitrogens with zero attached hydrogens (tertiary/aromatic N) is 2. The van der Waals surface area contributed by atoms with Crippen LogP contribution in [0, 0.1) is 0 Å². The summed E-state index contributed by atoms with van der Waals surface area (Å²) in [4.78, 5) is 11.5. The first-order valence-corrected chi connectivity index (χ1v) is 6.13. The number of nitrogens with two attached hydrogens (primary N) is 1. The van der Waals surface area contributed by atoms with E-state index in [1.165, 1.54) is 0 Å². The van der Waals surface area contributed by atoms with E-state index in [1.54, 1.807) is 4.57 Å². The molecule has 1 rings (SSSR count). The van der Waals surface area contributed by atoms with Gasteiger partial charge in [0.15, 0.2) is 0 Å². The third-order valence-corrected chi connectivity index (χ3v) is 2.68. The average molecular weight is 226 g/mol. The molecule has 16 heavy (non-hydrogen) atoms. The van der Waals surface area contributed by atoms with Crippen molar-refractivity contribution in [2.24, 2.45) is 5.73 Å². The molecule has 0 aliphatic rings. The summed E-state index contributed by atoms with van der Waals surface area (Å²) in [7, 11) is 0. The molecule has 0 aliphatic carbocycles. The summed E-state index contributed by atoms with van der Waals surface area (Å²) in [6, 6.07) is 0. The van der Waals surface area contributed by atoms with E-state index in [2.05, 4.69) is 17.1 Å². The van der Waals surface area contributed by atoms with Gasteiger partial charge in [0.25, 0.3) is 0 Å². The largest absolute Gasteiger partial charge is 0.343 e. The molecule has 0 aliphatic heterocycles. The lowest BCUT2D eigenvalue weighted by atomic mass is 10.2. The molecule has 0 saturated heterocycles. The zero-order valence-electron chi connectivity index (χ0n) is 10.0. The summed E-state index contributed by atoms with van der Waals surface area (Å²) in [6.07, 6.45) is 6.17. The second-order valence-electron chi connectivity index (χ2n) is 4.05. The van der Waals surface area contributed by atoms with E-state index in [0.29, 0.717) is 0 Å². The molecule has 0 spiro atoms. The molecule has 0 radical (unpaired) electrons. The molecule has 0 amide bonds. The normalized spacial score (nSPS) is 10.9. The van der Waals surface area contributed by atoms with Crippen LogP contribution in [0.5, 0.6) is 0 Å². The van der Waals surface area contributed by atoms with Gasteiger partial charge in [-0.25, -0.2) is 9.89 Å². The number of hydrogen-bond donors (Lipinski definition) is 2. The maximum atomic E-state index is 11.5. The van der Waals surface area contributed by atoms with Crippen molar-refractivity contribution >= 4 is 0 Å². The molecule has 5 heteroatoms. The molecule has 1 aromatic heterocycles. The average Bonchev–Trinajstić information content (AvgIpc) is 2.63. The monoisotopic (exact) mass is 226 g/mol. The quantitative estimate of drug-likeness (QED) is 0.650. The van der Waals surface area contributed by atoms with Crippen molar-refractivity contribution in [3.63, 3.8) is 0 Å². The maximum absolute atomic E-state index is 11.5. The van der Waals surface area contributed by atoms with Crippen LogP contribution in [-0.2, 0) is 13.0 Å². The van der Waals surface area contributed by atoms with E-state index < -0.39 is 0 Å². The first-order chi connectivity index (χ1) is 7.79. The molecule has 0 bridgehead atoms. The Morgan fingerprint density at radius 3 is 2.81 bits per heavy atom. The van der Waals surface area contributed by atoms with E-state index >= 15 is 0 Å². The van der Waals surface area contributed by atoms with Crippen LogP contribution >= 0.6 is 0 Å². The summed E-state index contributed by atoms with van der Waals surface area (Å²) < 4.78 is 1.76. The highest BCUT2D eigenvalue weighted by Crippen LogP contribution is 2.03. The van der Waals surface area contributed by atoms with Crippen LogP contribution in [0.2, 0.25) is 0 Å². The summed E-state index contributed by atoms with van der Waals surface area (Å²) in [5, 5.41) is 6.58. The molecule has 0 aromatic carbocycles. The number of aromatic nitrogens is 3. The Hall–Kier alpha value is -1.10. The summed E-state index contributed by atoms with van der Waals surface area (Å²) in [5.74, 6) is 0.885. The van der Waals surface area contributed by atoms with Crippen molar-refractivity contribution in [1.82, 2.24) is 14.8 Å². The molecule has 0 unspecified atom stereocenters. The SMILES string of the molecule is CCCCn1c(CCCCCN)n[nH]c1=O. The van der Waals surface area contributed by atoms with Crippen molar-refractivity contribution in [3.8, 4) is 0 Å². The molecular weight excluding hydrogens is 204 g/mol.